The zero-order chi connectivity index (χ0) is 20.2. The molecule has 1 atom stereocenters. The van der Waals surface area contributed by atoms with Crippen molar-refractivity contribution in [3.05, 3.63) is 65.1 Å². The molecule has 3 nitrogen and oxygen atoms in total. The van der Waals surface area contributed by atoms with Gasteiger partial charge in [0.25, 0.3) is 5.60 Å². The molecule has 0 unspecified atom stereocenters. The van der Waals surface area contributed by atoms with Crippen LogP contribution in [-0.4, -0.2) is 29.5 Å². The summed E-state index contributed by atoms with van der Waals surface area (Å²) in [6.07, 6.45) is -6.19. The van der Waals surface area contributed by atoms with Gasteiger partial charge in [-0.2, -0.15) is 13.2 Å². The predicted molar refractivity (Wildman–Crippen MR) is 101 cm³/mol. The van der Waals surface area contributed by atoms with Crippen LogP contribution >= 0.6 is 15.9 Å². The van der Waals surface area contributed by atoms with Gasteiger partial charge in [-0.3, -0.25) is 0 Å². The molecule has 7 heteroatoms. The first-order chi connectivity index (χ1) is 12.6. The second-order valence-electron chi connectivity index (χ2n) is 5.94. The Kier molecular flexibility index (Phi) is 6.49. The Morgan fingerprint density at radius 3 is 2.00 bits per heavy atom. The number of hydrogen-bond donors (Lipinski definition) is 1. The Bertz CT molecular complexity index is 814. The van der Waals surface area contributed by atoms with E-state index in [4.69, 9.17) is 0 Å². The van der Waals surface area contributed by atoms with Gasteiger partial charge in [0.15, 0.2) is 0 Å². The zero-order valence-corrected chi connectivity index (χ0v) is 16.1. The van der Waals surface area contributed by atoms with E-state index in [2.05, 4.69) is 27.2 Å². The number of rotatable bonds is 6. The van der Waals surface area contributed by atoms with Gasteiger partial charge in [0, 0.05) is 10.9 Å². The van der Waals surface area contributed by atoms with Crippen molar-refractivity contribution in [2.45, 2.75) is 25.1 Å². The molecule has 0 fully saturated rings. The van der Waals surface area contributed by atoms with Gasteiger partial charge >= 0.3 is 12.1 Å². The van der Waals surface area contributed by atoms with E-state index in [-0.39, 0.29) is 12.2 Å². The van der Waals surface area contributed by atoms with Crippen molar-refractivity contribution in [3.63, 3.8) is 0 Å². The van der Waals surface area contributed by atoms with E-state index in [1.807, 2.05) is 24.3 Å². The van der Waals surface area contributed by atoms with Crippen molar-refractivity contribution in [2.75, 3.05) is 6.61 Å². The summed E-state index contributed by atoms with van der Waals surface area (Å²) in [6, 6.07) is 14.2. The summed E-state index contributed by atoms with van der Waals surface area (Å²) in [4.78, 5) is 11.7. The molecular weight excluding hydrogens is 425 g/mol. The number of carbonyl (C=O) groups excluding carboxylic acids is 1. The molecular formula is C20H18BrF3O3. The van der Waals surface area contributed by atoms with Crippen LogP contribution in [0.3, 0.4) is 0 Å². The smallest absolute Gasteiger partial charge is 0.428 e. The monoisotopic (exact) mass is 442 g/mol. The topological polar surface area (TPSA) is 46.5 Å². The highest BCUT2D eigenvalue weighted by atomic mass is 79.9. The quantitative estimate of drug-likeness (QED) is 0.611. The summed E-state index contributed by atoms with van der Waals surface area (Å²) in [7, 11) is 0. The molecule has 0 heterocycles. The van der Waals surface area contributed by atoms with Gasteiger partial charge in [0.1, 0.15) is 0 Å². The minimum Gasteiger partial charge on any atom is -0.464 e. The van der Waals surface area contributed by atoms with Gasteiger partial charge < -0.3 is 9.84 Å². The number of aliphatic hydroxyl groups is 1. The summed E-state index contributed by atoms with van der Waals surface area (Å²) in [5.74, 6) is -1.73. The molecule has 27 heavy (non-hydrogen) atoms. The lowest BCUT2D eigenvalue weighted by atomic mass is 9.90. The molecule has 0 aliphatic rings. The van der Waals surface area contributed by atoms with Crippen LogP contribution in [0.1, 0.15) is 18.9 Å². The van der Waals surface area contributed by atoms with Crippen molar-refractivity contribution < 1.29 is 27.8 Å². The molecule has 0 bridgehead atoms. The zero-order valence-electron chi connectivity index (χ0n) is 14.5. The summed E-state index contributed by atoms with van der Waals surface area (Å²) in [6.45, 7) is 4.70. The van der Waals surface area contributed by atoms with E-state index in [0.29, 0.717) is 5.56 Å². The Morgan fingerprint density at radius 1 is 1.07 bits per heavy atom. The molecule has 2 rings (SSSR count). The average molecular weight is 443 g/mol. The Morgan fingerprint density at radius 2 is 1.56 bits per heavy atom. The van der Waals surface area contributed by atoms with Crippen LogP contribution in [-0.2, 0) is 9.53 Å². The van der Waals surface area contributed by atoms with Crippen molar-refractivity contribution >= 4 is 27.5 Å². The minimum absolute atomic E-state index is 0.0229. The molecule has 2 aromatic rings. The molecule has 144 valence electrons. The number of hydrogen-bond acceptors (Lipinski definition) is 3. The number of alkyl halides is 3. The first kappa shape index (κ1) is 21.2. The number of benzene rings is 2. The van der Waals surface area contributed by atoms with Gasteiger partial charge in [-0.1, -0.05) is 58.9 Å². The van der Waals surface area contributed by atoms with Crippen LogP contribution in [0.15, 0.2) is 59.6 Å². The third-order valence-electron chi connectivity index (χ3n) is 4.02. The lowest BCUT2D eigenvalue weighted by Crippen LogP contribution is -2.53. The van der Waals surface area contributed by atoms with Gasteiger partial charge in [-0.05, 0) is 41.3 Å². The van der Waals surface area contributed by atoms with Crippen LogP contribution < -0.4 is 0 Å². The lowest BCUT2D eigenvalue weighted by molar-refractivity contribution is -0.260. The third-order valence-corrected chi connectivity index (χ3v) is 4.55. The first-order valence-corrected chi connectivity index (χ1v) is 8.88. The highest BCUT2D eigenvalue weighted by Crippen LogP contribution is 2.38. The van der Waals surface area contributed by atoms with Crippen LogP contribution in [0.2, 0.25) is 0 Å². The molecule has 0 saturated heterocycles. The molecule has 0 saturated carbocycles. The second kappa shape index (κ2) is 8.27. The van der Waals surface area contributed by atoms with Gasteiger partial charge in [-0.15, -0.1) is 0 Å². The van der Waals surface area contributed by atoms with Crippen LogP contribution in [0.4, 0.5) is 13.2 Å². The normalized spacial score (nSPS) is 13.7. The van der Waals surface area contributed by atoms with E-state index in [1.54, 1.807) is 24.3 Å². The molecule has 2 aromatic carbocycles. The van der Waals surface area contributed by atoms with Crippen molar-refractivity contribution in [3.8, 4) is 11.1 Å². The standard InChI is InChI=1S/C20H18BrF3O3/c1-3-27-18(25)19(26,20(22,23)24)12-13(2)14-4-6-15(7-5-14)16-8-10-17(21)11-9-16/h4-11,26H,2-3,12H2,1H3/t19-/m1/s1. The molecule has 0 aliphatic heterocycles. The van der Waals surface area contributed by atoms with Crippen LogP contribution in [0, 0.1) is 0 Å². The molecule has 0 aliphatic carbocycles. The molecule has 1 N–H and O–H groups in total. The fourth-order valence-corrected chi connectivity index (χ4v) is 2.75. The average Bonchev–Trinajstić information content (AvgIpc) is 2.61. The largest absolute Gasteiger partial charge is 0.464 e. The van der Waals surface area contributed by atoms with E-state index < -0.39 is 24.2 Å². The molecule has 0 spiro atoms. The molecule has 0 radical (unpaired) electrons. The summed E-state index contributed by atoms with van der Waals surface area (Å²) in [5.41, 5.74) is -1.46. The number of halogens is 4. The highest BCUT2D eigenvalue weighted by molar-refractivity contribution is 9.10. The maximum absolute atomic E-state index is 13.3. The highest BCUT2D eigenvalue weighted by Gasteiger charge is 2.60. The third kappa shape index (κ3) is 4.78. The second-order valence-corrected chi connectivity index (χ2v) is 6.86. The van der Waals surface area contributed by atoms with Gasteiger partial charge in [0.2, 0.25) is 0 Å². The van der Waals surface area contributed by atoms with Gasteiger partial charge in [0.05, 0.1) is 6.61 Å². The molecule has 0 amide bonds. The first-order valence-electron chi connectivity index (χ1n) is 8.09. The van der Waals surface area contributed by atoms with Crippen LogP contribution in [0.5, 0.6) is 0 Å². The SMILES string of the molecule is C=C(C[C@@](O)(C(=O)OCC)C(F)(F)F)c1ccc(-c2ccc(Br)cc2)cc1. The predicted octanol–water partition coefficient (Wildman–Crippen LogP) is 5.38. The maximum Gasteiger partial charge on any atom is 0.428 e. The van der Waals surface area contributed by atoms with E-state index >= 15 is 0 Å². The van der Waals surface area contributed by atoms with E-state index in [1.165, 1.54) is 6.92 Å². The van der Waals surface area contributed by atoms with Crippen molar-refractivity contribution in [2.24, 2.45) is 0 Å². The molecule has 0 aromatic heterocycles. The fraction of sp³-hybridized carbons (Fsp3) is 0.250. The van der Waals surface area contributed by atoms with Crippen molar-refractivity contribution in [1.82, 2.24) is 0 Å². The lowest BCUT2D eigenvalue weighted by Gasteiger charge is -2.28. The number of esters is 1. The number of ether oxygens (including phenoxy) is 1. The van der Waals surface area contributed by atoms with Gasteiger partial charge in [-0.25, -0.2) is 4.79 Å². The summed E-state index contributed by atoms with van der Waals surface area (Å²) < 4.78 is 45.2. The summed E-state index contributed by atoms with van der Waals surface area (Å²) >= 11 is 3.35. The van der Waals surface area contributed by atoms with E-state index in [0.717, 1.165) is 15.6 Å². The fourth-order valence-electron chi connectivity index (χ4n) is 2.49. The summed E-state index contributed by atoms with van der Waals surface area (Å²) in [5, 5.41) is 9.97. The van der Waals surface area contributed by atoms with Crippen molar-refractivity contribution in [1.29, 1.82) is 0 Å². The Labute approximate surface area is 163 Å². The van der Waals surface area contributed by atoms with E-state index in [9.17, 15) is 23.1 Å². The van der Waals surface area contributed by atoms with Crippen LogP contribution in [0.25, 0.3) is 16.7 Å². The Hall–Kier alpha value is -2.12. The minimum atomic E-state index is -5.18. The maximum atomic E-state index is 13.3. The number of carbonyl (C=O) groups is 1. The Balaban J connectivity index is 2.23.